The Hall–Kier alpha value is -0.720. The highest BCUT2D eigenvalue weighted by molar-refractivity contribution is 7.92. The Morgan fingerprint density at radius 3 is 2.25 bits per heavy atom. The molecule has 0 aliphatic carbocycles. The summed E-state index contributed by atoms with van der Waals surface area (Å²) in [6.45, 7) is 0. The first-order valence-electron chi connectivity index (χ1n) is 3.10. The van der Waals surface area contributed by atoms with E-state index in [0.29, 0.717) is 0 Å². The Bertz CT molecular complexity index is 249. The number of primary amides is 1. The van der Waals surface area contributed by atoms with Gasteiger partial charge in [0.2, 0.25) is 12.3 Å². The highest BCUT2D eigenvalue weighted by atomic mass is 32.2. The van der Waals surface area contributed by atoms with Crippen molar-refractivity contribution in [1.82, 2.24) is 0 Å². The van der Waals surface area contributed by atoms with Crippen LogP contribution in [0.3, 0.4) is 0 Å². The Labute approximate surface area is 68.7 Å². The molecule has 0 aromatic carbocycles. The molecule has 0 atom stereocenters. The topological polar surface area (TPSA) is 77.2 Å². The third-order valence-electron chi connectivity index (χ3n) is 1.01. The van der Waals surface area contributed by atoms with Crippen molar-refractivity contribution in [3.05, 3.63) is 0 Å². The molecule has 4 nitrogen and oxygen atoms in total. The number of hydrogen-bond acceptors (Lipinski definition) is 3. The number of hydrogen-bond donors (Lipinski definition) is 1. The fourth-order valence-electron chi connectivity index (χ4n) is 0.558. The predicted molar refractivity (Wildman–Crippen MR) is 38.5 cm³/mol. The van der Waals surface area contributed by atoms with Crippen molar-refractivity contribution in [1.29, 1.82) is 0 Å². The quantitative estimate of drug-likeness (QED) is 0.654. The van der Waals surface area contributed by atoms with Crippen LogP contribution in [0.2, 0.25) is 0 Å². The lowest BCUT2D eigenvalue weighted by atomic mass is 10.5. The maximum absolute atomic E-state index is 11.5. The smallest absolute Gasteiger partial charge is 0.239 e. The Balaban J connectivity index is 3.98. The Morgan fingerprint density at radius 2 is 1.92 bits per heavy atom. The summed E-state index contributed by atoms with van der Waals surface area (Å²) < 4.78 is 44.5. The van der Waals surface area contributed by atoms with Crippen LogP contribution in [0.1, 0.15) is 6.42 Å². The van der Waals surface area contributed by atoms with Gasteiger partial charge in [-0.1, -0.05) is 0 Å². The van der Waals surface area contributed by atoms with Crippen LogP contribution in [-0.4, -0.2) is 32.3 Å². The molecule has 0 unspecified atom stereocenters. The van der Waals surface area contributed by atoms with Crippen LogP contribution in [0.4, 0.5) is 8.78 Å². The lowest BCUT2D eigenvalue weighted by Crippen LogP contribution is -2.25. The van der Waals surface area contributed by atoms with E-state index >= 15 is 0 Å². The summed E-state index contributed by atoms with van der Waals surface area (Å²) in [5.74, 6) is -2.59. The van der Waals surface area contributed by atoms with Gasteiger partial charge >= 0.3 is 0 Å². The van der Waals surface area contributed by atoms with Crippen molar-refractivity contribution in [2.45, 2.75) is 12.8 Å². The first kappa shape index (κ1) is 11.3. The molecule has 0 aliphatic rings. The lowest BCUT2D eigenvalue weighted by Gasteiger charge is -2.00. The van der Waals surface area contributed by atoms with Gasteiger partial charge in [-0.25, -0.2) is 17.2 Å². The van der Waals surface area contributed by atoms with E-state index in [-0.39, 0.29) is 0 Å². The van der Waals surface area contributed by atoms with Gasteiger partial charge in [-0.05, 0) is 0 Å². The van der Waals surface area contributed by atoms with E-state index in [2.05, 4.69) is 5.73 Å². The molecule has 0 rings (SSSR count). The van der Waals surface area contributed by atoms with Crippen molar-refractivity contribution >= 4 is 15.7 Å². The number of alkyl halides is 2. The molecule has 12 heavy (non-hydrogen) atoms. The van der Waals surface area contributed by atoms with Crippen LogP contribution in [-0.2, 0) is 14.6 Å². The third-order valence-corrected chi connectivity index (χ3v) is 2.59. The van der Waals surface area contributed by atoms with Gasteiger partial charge in [0.15, 0.2) is 9.84 Å². The summed E-state index contributed by atoms with van der Waals surface area (Å²) in [6.07, 6.45) is -3.43. The summed E-state index contributed by atoms with van der Waals surface area (Å²) in [6, 6.07) is 0. The minimum atomic E-state index is -3.73. The summed E-state index contributed by atoms with van der Waals surface area (Å²) in [5, 5.41) is 0. The van der Waals surface area contributed by atoms with Crippen molar-refractivity contribution in [3.8, 4) is 0 Å². The monoisotopic (exact) mass is 201 g/mol. The molecule has 0 saturated heterocycles. The van der Waals surface area contributed by atoms with E-state index in [4.69, 9.17) is 0 Å². The van der Waals surface area contributed by atoms with Crippen LogP contribution in [0.25, 0.3) is 0 Å². The minimum Gasteiger partial charge on any atom is -0.369 e. The third kappa shape index (κ3) is 6.02. The molecule has 0 aromatic rings. The first-order chi connectivity index (χ1) is 5.33. The number of nitrogens with two attached hydrogens (primary N) is 1. The second kappa shape index (κ2) is 4.34. The fraction of sp³-hybridized carbons (Fsp3) is 0.800. The zero-order valence-electron chi connectivity index (χ0n) is 6.16. The molecule has 0 radical (unpaired) electrons. The average molecular weight is 201 g/mol. The van der Waals surface area contributed by atoms with E-state index in [1.165, 1.54) is 0 Å². The number of amides is 1. The molecule has 7 heteroatoms. The van der Waals surface area contributed by atoms with Gasteiger partial charge in [-0.15, -0.1) is 0 Å². The molecule has 0 aromatic heterocycles. The zero-order chi connectivity index (χ0) is 9.78. The number of carbonyl (C=O) groups is 1. The first-order valence-corrected chi connectivity index (χ1v) is 4.92. The van der Waals surface area contributed by atoms with Crippen molar-refractivity contribution in [3.63, 3.8) is 0 Å². The zero-order valence-corrected chi connectivity index (χ0v) is 6.98. The van der Waals surface area contributed by atoms with E-state index < -0.39 is 40.1 Å². The predicted octanol–water partition coefficient (Wildman–Crippen LogP) is -0.458. The Kier molecular flexibility index (Phi) is 4.08. The van der Waals surface area contributed by atoms with E-state index in [1.807, 2.05) is 0 Å². The van der Waals surface area contributed by atoms with Crippen LogP contribution >= 0.6 is 0 Å². The van der Waals surface area contributed by atoms with Gasteiger partial charge < -0.3 is 5.73 Å². The summed E-state index contributed by atoms with van der Waals surface area (Å²) in [7, 11) is -3.73. The molecule has 72 valence electrons. The molecule has 0 saturated carbocycles. The van der Waals surface area contributed by atoms with Gasteiger partial charge in [0.25, 0.3) is 0 Å². The fourth-order valence-corrected chi connectivity index (χ4v) is 1.67. The minimum absolute atomic E-state index is 0.701. The standard InChI is InChI=1S/C5H9F2NO3S/c6-4(7)1-2-12(10,11)3-5(8)9/h4H,1-3H2,(H2,8,9). The van der Waals surface area contributed by atoms with E-state index in [9.17, 15) is 22.0 Å². The maximum atomic E-state index is 11.5. The van der Waals surface area contributed by atoms with Gasteiger partial charge in [-0.3, -0.25) is 4.79 Å². The molecule has 0 spiro atoms. The van der Waals surface area contributed by atoms with Gasteiger partial charge in [0, 0.05) is 6.42 Å². The number of sulfone groups is 1. The van der Waals surface area contributed by atoms with Crippen molar-refractivity contribution in [2.75, 3.05) is 11.5 Å². The van der Waals surface area contributed by atoms with Crippen LogP contribution < -0.4 is 5.73 Å². The molecular formula is C5H9F2NO3S. The van der Waals surface area contributed by atoms with Crippen LogP contribution in [0.15, 0.2) is 0 Å². The van der Waals surface area contributed by atoms with Crippen molar-refractivity contribution < 1.29 is 22.0 Å². The van der Waals surface area contributed by atoms with Crippen LogP contribution in [0.5, 0.6) is 0 Å². The van der Waals surface area contributed by atoms with E-state index in [1.54, 1.807) is 0 Å². The van der Waals surface area contributed by atoms with Gasteiger partial charge in [0.05, 0.1) is 5.75 Å². The van der Waals surface area contributed by atoms with Crippen molar-refractivity contribution in [2.24, 2.45) is 5.73 Å². The molecule has 0 fully saturated rings. The SMILES string of the molecule is NC(=O)CS(=O)(=O)CCC(F)F. The molecule has 0 bridgehead atoms. The van der Waals surface area contributed by atoms with Crippen LogP contribution in [0, 0.1) is 0 Å². The molecule has 1 amide bonds. The maximum Gasteiger partial charge on any atom is 0.239 e. The summed E-state index contributed by atoms with van der Waals surface area (Å²) >= 11 is 0. The average Bonchev–Trinajstić information content (AvgIpc) is 1.81. The largest absolute Gasteiger partial charge is 0.369 e. The van der Waals surface area contributed by atoms with Gasteiger partial charge in [-0.2, -0.15) is 0 Å². The number of carbonyl (C=O) groups excluding carboxylic acids is 1. The summed E-state index contributed by atoms with van der Waals surface area (Å²) in [4.78, 5) is 10.1. The van der Waals surface area contributed by atoms with E-state index in [0.717, 1.165) is 0 Å². The molecule has 2 N–H and O–H groups in total. The molecule has 0 aliphatic heterocycles. The second-order valence-electron chi connectivity index (χ2n) is 2.24. The second-order valence-corrected chi connectivity index (χ2v) is 4.42. The molecule has 0 heterocycles. The molecular weight excluding hydrogens is 192 g/mol. The highest BCUT2D eigenvalue weighted by Gasteiger charge is 2.16. The summed E-state index contributed by atoms with van der Waals surface area (Å²) in [5.41, 5.74) is 4.58. The number of rotatable bonds is 5. The van der Waals surface area contributed by atoms with Gasteiger partial charge in [0.1, 0.15) is 5.75 Å². The lowest BCUT2D eigenvalue weighted by molar-refractivity contribution is -0.115. The Morgan fingerprint density at radius 1 is 1.42 bits per heavy atom. The number of halogens is 2. The highest BCUT2D eigenvalue weighted by Crippen LogP contribution is 2.02. The normalized spacial score (nSPS) is 11.9.